The van der Waals surface area contributed by atoms with Gasteiger partial charge in [0, 0.05) is 5.54 Å². The first kappa shape index (κ1) is 20.5. The van der Waals surface area contributed by atoms with Crippen molar-refractivity contribution < 1.29 is 13.6 Å². The molecule has 1 unspecified atom stereocenters. The van der Waals surface area contributed by atoms with Gasteiger partial charge in [-0.1, -0.05) is 35.9 Å². The van der Waals surface area contributed by atoms with Gasteiger partial charge in [-0.15, -0.1) is 0 Å². The average molecular weight is 386 g/mol. The molecule has 0 bridgehead atoms. The Kier molecular flexibility index (Phi) is 6.14. The molecule has 1 atom stereocenters. The molecule has 1 aliphatic heterocycles. The number of rotatable bonds is 6. The van der Waals surface area contributed by atoms with Gasteiger partial charge in [0.2, 0.25) is 5.91 Å². The molecule has 3 rings (SSSR count). The fourth-order valence-electron chi connectivity index (χ4n) is 3.94. The van der Waals surface area contributed by atoms with Crippen LogP contribution in [0.1, 0.15) is 49.4 Å². The standard InChI is InChI=1S/C23H28F2N2O/c1-16-6-8-17(9-7-16)14-21(28)26-22(18-10-11-19(24)20(25)15-18)23(2,3)27-12-4-5-13-27/h6-11,15,22H,4-5,12-14H2,1-3H3,(H,26,28). The molecular formula is C23H28F2N2O. The van der Waals surface area contributed by atoms with Crippen LogP contribution in [-0.2, 0) is 11.2 Å². The van der Waals surface area contributed by atoms with Crippen molar-refractivity contribution in [3.05, 3.63) is 70.8 Å². The van der Waals surface area contributed by atoms with Gasteiger partial charge in [0.1, 0.15) is 0 Å². The molecule has 0 spiro atoms. The number of nitrogens with zero attached hydrogens (tertiary/aromatic N) is 1. The van der Waals surface area contributed by atoms with Crippen LogP contribution < -0.4 is 5.32 Å². The predicted octanol–water partition coefficient (Wildman–Crippen LogP) is 4.55. The van der Waals surface area contributed by atoms with E-state index in [-0.39, 0.29) is 12.3 Å². The Labute approximate surface area is 165 Å². The minimum atomic E-state index is -0.896. The summed E-state index contributed by atoms with van der Waals surface area (Å²) in [6.45, 7) is 7.97. The number of nitrogens with one attached hydrogen (secondary N) is 1. The van der Waals surface area contributed by atoms with E-state index in [4.69, 9.17) is 0 Å². The maximum absolute atomic E-state index is 13.9. The largest absolute Gasteiger partial charge is 0.347 e. The summed E-state index contributed by atoms with van der Waals surface area (Å²) in [6.07, 6.45) is 2.45. The van der Waals surface area contributed by atoms with Gasteiger partial charge in [-0.25, -0.2) is 8.78 Å². The number of likely N-dealkylation sites (tertiary alicyclic amines) is 1. The molecule has 5 heteroatoms. The Hall–Kier alpha value is -2.27. The third kappa shape index (κ3) is 4.58. The molecule has 0 saturated carbocycles. The van der Waals surface area contributed by atoms with Crippen molar-refractivity contribution in [1.29, 1.82) is 0 Å². The third-order valence-electron chi connectivity index (χ3n) is 5.70. The van der Waals surface area contributed by atoms with E-state index in [1.54, 1.807) is 6.07 Å². The first-order valence-corrected chi connectivity index (χ1v) is 9.82. The average Bonchev–Trinajstić information content (AvgIpc) is 3.20. The van der Waals surface area contributed by atoms with Crippen molar-refractivity contribution in [2.75, 3.05) is 13.1 Å². The Balaban J connectivity index is 1.85. The summed E-state index contributed by atoms with van der Waals surface area (Å²) in [4.78, 5) is 15.1. The molecule has 1 fully saturated rings. The van der Waals surface area contributed by atoms with Gasteiger partial charge in [0.05, 0.1) is 12.5 Å². The van der Waals surface area contributed by atoms with E-state index >= 15 is 0 Å². The van der Waals surface area contributed by atoms with Gasteiger partial charge in [-0.2, -0.15) is 0 Å². The molecule has 0 aromatic heterocycles. The lowest BCUT2D eigenvalue weighted by Crippen LogP contribution is -2.53. The molecule has 1 aliphatic rings. The van der Waals surface area contributed by atoms with Crippen molar-refractivity contribution in [3.63, 3.8) is 0 Å². The summed E-state index contributed by atoms with van der Waals surface area (Å²) < 4.78 is 27.4. The van der Waals surface area contributed by atoms with E-state index in [1.165, 1.54) is 6.07 Å². The summed E-state index contributed by atoms with van der Waals surface area (Å²) in [5, 5.41) is 3.09. The summed E-state index contributed by atoms with van der Waals surface area (Å²) in [7, 11) is 0. The van der Waals surface area contributed by atoms with E-state index < -0.39 is 23.2 Å². The van der Waals surface area contributed by atoms with E-state index in [2.05, 4.69) is 24.1 Å². The topological polar surface area (TPSA) is 32.3 Å². The Morgan fingerprint density at radius 2 is 1.71 bits per heavy atom. The molecule has 2 aromatic carbocycles. The second-order valence-corrected chi connectivity index (χ2v) is 8.18. The first-order valence-electron chi connectivity index (χ1n) is 9.82. The fourth-order valence-corrected chi connectivity index (χ4v) is 3.94. The smallest absolute Gasteiger partial charge is 0.224 e. The summed E-state index contributed by atoms with van der Waals surface area (Å²) in [5.74, 6) is -1.91. The lowest BCUT2D eigenvalue weighted by molar-refractivity contribution is -0.122. The van der Waals surface area contributed by atoms with Crippen LogP contribution in [0.15, 0.2) is 42.5 Å². The number of amides is 1. The van der Waals surface area contributed by atoms with Crippen LogP contribution >= 0.6 is 0 Å². The van der Waals surface area contributed by atoms with Crippen molar-refractivity contribution in [3.8, 4) is 0 Å². The molecule has 0 aliphatic carbocycles. The molecule has 150 valence electrons. The zero-order valence-electron chi connectivity index (χ0n) is 16.8. The highest BCUT2D eigenvalue weighted by atomic mass is 19.2. The SMILES string of the molecule is Cc1ccc(CC(=O)NC(c2ccc(F)c(F)c2)C(C)(C)N2CCCC2)cc1. The molecule has 1 N–H and O–H groups in total. The van der Waals surface area contributed by atoms with Crippen molar-refractivity contribution >= 4 is 5.91 Å². The van der Waals surface area contributed by atoms with Crippen LogP contribution in [0, 0.1) is 18.6 Å². The van der Waals surface area contributed by atoms with Crippen LogP contribution in [0.5, 0.6) is 0 Å². The van der Waals surface area contributed by atoms with Crippen molar-refractivity contribution in [2.24, 2.45) is 0 Å². The summed E-state index contributed by atoms with van der Waals surface area (Å²) in [5.41, 5.74) is 2.21. The van der Waals surface area contributed by atoms with Crippen molar-refractivity contribution in [2.45, 2.75) is 51.6 Å². The lowest BCUT2D eigenvalue weighted by Gasteiger charge is -2.42. The second-order valence-electron chi connectivity index (χ2n) is 8.18. The minimum absolute atomic E-state index is 0.133. The summed E-state index contributed by atoms with van der Waals surface area (Å²) in [6, 6.07) is 11.3. The molecule has 28 heavy (non-hydrogen) atoms. The van der Waals surface area contributed by atoms with Gasteiger partial charge in [-0.05, 0) is 70.0 Å². The number of hydrogen-bond donors (Lipinski definition) is 1. The number of halogens is 2. The van der Waals surface area contributed by atoms with E-state index in [0.29, 0.717) is 5.56 Å². The summed E-state index contributed by atoms with van der Waals surface area (Å²) >= 11 is 0. The molecule has 2 aromatic rings. The lowest BCUT2D eigenvalue weighted by atomic mass is 9.86. The first-order chi connectivity index (χ1) is 13.3. The molecule has 1 saturated heterocycles. The predicted molar refractivity (Wildman–Crippen MR) is 107 cm³/mol. The van der Waals surface area contributed by atoms with Gasteiger partial charge in [-0.3, -0.25) is 9.69 Å². The zero-order valence-corrected chi connectivity index (χ0v) is 16.8. The van der Waals surface area contributed by atoms with Gasteiger partial charge in [0.25, 0.3) is 0 Å². The van der Waals surface area contributed by atoms with Gasteiger partial charge in [0.15, 0.2) is 11.6 Å². The number of carbonyl (C=O) groups excluding carboxylic acids is 1. The normalized spacial score (nSPS) is 16.2. The molecule has 3 nitrogen and oxygen atoms in total. The highest BCUT2D eigenvalue weighted by molar-refractivity contribution is 5.79. The highest BCUT2D eigenvalue weighted by Gasteiger charge is 2.38. The Morgan fingerprint density at radius 1 is 1.07 bits per heavy atom. The van der Waals surface area contributed by atoms with Crippen LogP contribution in [-0.4, -0.2) is 29.4 Å². The van der Waals surface area contributed by atoms with Crippen LogP contribution in [0.25, 0.3) is 0 Å². The maximum atomic E-state index is 13.9. The fraction of sp³-hybridized carbons (Fsp3) is 0.435. The van der Waals surface area contributed by atoms with E-state index in [9.17, 15) is 13.6 Å². The molecular weight excluding hydrogens is 358 g/mol. The Morgan fingerprint density at radius 3 is 2.32 bits per heavy atom. The van der Waals surface area contributed by atoms with Crippen LogP contribution in [0.3, 0.4) is 0 Å². The molecule has 1 amide bonds. The number of hydrogen-bond acceptors (Lipinski definition) is 2. The number of carbonyl (C=O) groups is 1. The van der Waals surface area contributed by atoms with Crippen molar-refractivity contribution in [1.82, 2.24) is 10.2 Å². The monoisotopic (exact) mass is 386 g/mol. The highest BCUT2D eigenvalue weighted by Crippen LogP contribution is 2.34. The second kappa shape index (κ2) is 8.39. The van der Waals surface area contributed by atoms with E-state index in [1.807, 2.05) is 31.2 Å². The number of aryl methyl sites for hydroxylation is 1. The van der Waals surface area contributed by atoms with Gasteiger partial charge < -0.3 is 5.32 Å². The number of benzene rings is 2. The van der Waals surface area contributed by atoms with E-state index in [0.717, 1.165) is 43.1 Å². The quantitative estimate of drug-likeness (QED) is 0.790. The van der Waals surface area contributed by atoms with Crippen LogP contribution in [0.4, 0.5) is 8.78 Å². The van der Waals surface area contributed by atoms with Gasteiger partial charge >= 0.3 is 0 Å². The molecule has 1 heterocycles. The zero-order chi connectivity index (χ0) is 20.3. The third-order valence-corrected chi connectivity index (χ3v) is 5.70. The van der Waals surface area contributed by atoms with Crippen LogP contribution in [0.2, 0.25) is 0 Å². The minimum Gasteiger partial charge on any atom is -0.347 e. The molecule has 0 radical (unpaired) electrons. The Bertz CT molecular complexity index is 827. The maximum Gasteiger partial charge on any atom is 0.224 e.